The SMILES string of the molecule is CC(C)(Cc1cccc(CC(=O)NCc2cc(Cl)cc(Cl)c2)c1)NC[C@@H](O)c1ccc(O)c(CO)c1. The van der Waals surface area contributed by atoms with Gasteiger partial charge < -0.3 is 26.0 Å². The second-order valence-corrected chi connectivity index (χ2v) is 10.4. The first-order chi connectivity index (χ1) is 17.0. The first-order valence-corrected chi connectivity index (χ1v) is 12.5. The number of nitrogens with one attached hydrogen (secondary N) is 2. The molecule has 3 aromatic rings. The molecule has 0 fully saturated rings. The fourth-order valence-electron chi connectivity index (χ4n) is 4.01. The van der Waals surface area contributed by atoms with Crippen molar-refractivity contribution in [3.05, 3.63) is 98.5 Å². The van der Waals surface area contributed by atoms with E-state index in [2.05, 4.69) is 10.6 Å². The van der Waals surface area contributed by atoms with E-state index in [-0.39, 0.29) is 30.2 Å². The van der Waals surface area contributed by atoms with Gasteiger partial charge in [0.1, 0.15) is 5.75 Å². The minimum atomic E-state index is -0.792. The quantitative estimate of drug-likeness (QED) is 0.247. The van der Waals surface area contributed by atoms with Crippen LogP contribution in [0.5, 0.6) is 5.75 Å². The van der Waals surface area contributed by atoms with Crippen LogP contribution in [0.3, 0.4) is 0 Å². The molecule has 3 rings (SSSR count). The summed E-state index contributed by atoms with van der Waals surface area (Å²) in [6.45, 7) is 4.45. The molecule has 6 nitrogen and oxygen atoms in total. The van der Waals surface area contributed by atoms with Crippen LogP contribution < -0.4 is 10.6 Å². The van der Waals surface area contributed by atoms with Gasteiger partial charge in [-0.05, 0) is 72.9 Å². The lowest BCUT2D eigenvalue weighted by Crippen LogP contribution is -2.43. The molecular weight excluding hydrogens is 499 g/mol. The van der Waals surface area contributed by atoms with Crippen molar-refractivity contribution in [1.82, 2.24) is 10.6 Å². The van der Waals surface area contributed by atoms with Gasteiger partial charge in [-0.25, -0.2) is 0 Å². The van der Waals surface area contributed by atoms with E-state index >= 15 is 0 Å². The molecular formula is C28H32Cl2N2O4. The molecule has 192 valence electrons. The van der Waals surface area contributed by atoms with E-state index in [1.54, 1.807) is 30.3 Å². The van der Waals surface area contributed by atoms with Gasteiger partial charge in [0.15, 0.2) is 0 Å². The summed E-state index contributed by atoms with van der Waals surface area (Å²) in [5.41, 5.74) is 3.48. The largest absolute Gasteiger partial charge is 0.508 e. The highest BCUT2D eigenvalue weighted by molar-refractivity contribution is 6.34. The van der Waals surface area contributed by atoms with Gasteiger partial charge in [-0.3, -0.25) is 4.79 Å². The topological polar surface area (TPSA) is 102 Å². The molecule has 0 heterocycles. The summed E-state index contributed by atoms with van der Waals surface area (Å²) >= 11 is 12.0. The molecule has 0 radical (unpaired) electrons. The molecule has 0 aliphatic heterocycles. The Balaban J connectivity index is 1.53. The average Bonchev–Trinajstić information content (AvgIpc) is 2.81. The van der Waals surface area contributed by atoms with Crippen molar-refractivity contribution in [2.24, 2.45) is 0 Å². The molecule has 0 bridgehead atoms. The van der Waals surface area contributed by atoms with Crippen LogP contribution >= 0.6 is 23.2 Å². The summed E-state index contributed by atoms with van der Waals surface area (Å²) in [4.78, 5) is 12.5. The normalized spacial score (nSPS) is 12.4. The third-order valence-electron chi connectivity index (χ3n) is 5.85. The third-order valence-corrected chi connectivity index (χ3v) is 6.28. The van der Waals surface area contributed by atoms with Crippen LogP contribution in [0.1, 0.15) is 47.8 Å². The Labute approximate surface area is 221 Å². The predicted molar refractivity (Wildman–Crippen MR) is 143 cm³/mol. The number of amides is 1. The number of rotatable bonds is 11. The van der Waals surface area contributed by atoms with E-state index in [0.29, 0.717) is 40.7 Å². The lowest BCUT2D eigenvalue weighted by atomic mass is 9.93. The number of halogens is 2. The van der Waals surface area contributed by atoms with Gasteiger partial charge in [-0.15, -0.1) is 0 Å². The van der Waals surface area contributed by atoms with Crippen LogP contribution in [0.4, 0.5) is 0 Å². The number of aromatic hydroxyl groups is 1. The Morgan fingerprint density at radius 2 is 1.67 bits per heavy atom. The van der Waals surface area contributed by atoms with Crippen LogP contribution in [0.15, 0.2) is 60.7 Å². The van der Waals surface area contributed by atoms with E-state index in [4.69, 9.17) is 23.2 Å². The zero-order chi connectivity index (χ0) is 26.3. The number of phenols is 1. The molecule has 36 heavy (non-hydrogen) atoms. The van der Waals surface area contributed by atoms with Crippen LogP contribution in [-0.2, 0) is 30.8 Å². The van der Waals surface area contributed by atoms with Gasteiger partial charge in [0.2, 0.25) is 5.91 Å². The smallest absolute Gasteiger partial charge is 0.224 e. The highest BCUT2D eigenvalue weighted by Gasteiger charge is 2.20. The van der Waals surface area contributed by atoms with Crippen molar-refractivity contribution in [3.63, 3.8) is 0 Å². The van der Waals surface area contributed by atoms with Crippen molar-refractivity contribution in [1.29, 1.82) is 0 Å². The maximum atomic E-state index is 12.5. The molecule has 8 heteroatoms. The molecule has 5 N–H and O–H groups in total. The van der Waals surface area contributed by atoms with Crippen LogP contribution in [0, 0.1) is 0 Å². The number of carbonyl (C=O) groups is 1. The molecule has 3 aromatic carbocycles. The molecule has 0 saturated heterocycles. The summed E-state index contributed by atoms with van der Waals surface area (Å²) in [5.74, 6) is -0.0935. The third kappa shape index (κ3) is 8.50. The number of aliphatic hydroxyl groups is 2. The second-order valence-electron chi connectivity index (χ2n) is 9.55. The zero-order valence-corrected chi connectivity index (χ0v) is 21.9. The van der Waals surface area contributed by atoms with Gasteiger partial charge in [0, 0.05) is 34.2 Å². The van der Waals surface area contributed by atoms with Crippen molar-refractivity contribution >= 4 is 29.1 Å². The highest BCUT2D eigenvalue weighted by atomic mass is 35.5. The van der Waals surface area contributed by atoms with E-state index in [9.17, 15) is 20.1 Å². The van der Waals surface area contributed by atoms with Gasteiger partial charge in [0.25, 0.3) is 0 Å². The molecule has 0 aromatic heterocycles. The maximum absolute atomic E-state index is 12.5. The molecule has 0 aliphatic carbocycles. The molecule has 1 atom stereocenters. The number of hydrogen-bond donors (Lipinski definition) is 5. The van der Waals surface area contributed by atoms with Gasteiger partial charge >= 0.3 is 0 Å². The van der Waals surface area contributed by atoms with E-state index < -0.39 is 6.10 Å². The van der Waals surface area contributed by atoms with Crippen molar-refractivity contribution in [2.45, 2.75) is 51.5 Å². The molecule has 1 amide bonds. The Kier molecular flexibility index (Phi) is 9.77. The minimum Gasteiger partial charge on any atom is -0.508 e. The van der Waals surface area contributed by atoms with Gasteiger partial charge in [-0.1, -0.05) is 53.5 Å². The van der Waals surface area contributed by atoms with Crippen molar-refractivity contribution in [3.8, 4) is 5.75 Å². The van der Waals surface area contributed by atoms with E-state index in [1.807, 2.05) is 38.1 Å². The second kappa shape index (κ2) is 12.6. The van der Waals surface area contributed by atoms with Gasteiger partial charge in [-0.2, -0.15) is 0 Å². The molecule has 0 unspecified atom stereocenters. The zero-order valence-electron chi connectivity index (χ0n) is 20.4. The summed E-state index contributed by atoms with van der Waals surface area (Å²) in [6.07, 6.45) is 0.149. The van der Waals surface area contributed by atoms with Crippen molar-refractivity contribution < 1.29 is 20.1 Å². The molecule has 0 aliphatic rings. The lowest BCUT2D eigenvalue weighted by molar-refractivity contribution is -0.120. The number of hydrogen-bond acceptors (Lipinski definition) is 5. The lowest BCUT2D eigenvalue weighted by Gasteiger charge is -2.28. The van der Waals surface area contributed by atoms with Crippen LogP contribution in [0.2, 0.25) is 10.0 Å². The van der Waals surface area contributed by atoms with Crippen molar-refractivity contribution in [2.75, 3.05) is 6.54 Å². The Morgan fingerprint density at radius 1 is 0.972 bits per heavy atom. The van der Waals surface area contributed by atoms with E-state index in [1.165, 1.54) is 6.07 Å². The average molecular weight is 531 g/mol. The predicted octanol–water partition coefficient (Wildman–Crippen LogP) is 4.69. The first kappa shape index (κ1) is 28.0. The summed E-state index contributed by atoms with van der Waals surface area (Å²) in [6, 6.07) is 17.8. The number of benzene rings is 3. The summed E-state index contributed by atoms with van der Waals surface area (Å²) in [5, 5.41) is 37.0. The summed E-state index contributed by atoms with van der Waals surface area (Å²) < 4.78 is 0. The standard InChI is InChI=1S/C28H32Cl2N2O4/c1-28(2,32-16-26(35)21-6-7-25(34)22(12-21)17-33)14-19-5-3-4-18(8-19)11-27(36)31-15-20-9-23(29)13-24(30)10-20/h3-10,12-13,26,32-35H,11,14-17H2,1-2H3,(H,31,36)/t26-/m1/s1. The van der Waals surface area contributed by atoms with Gasteiger partial charge in [0.05, 0.1) is 19.1 Å². The fraction of sp³-hybridized carbons (Fsp3) is 0.321. The number of β-amino-alcohol motifs (C(OH)–C–C–N with tert-alkyl or cyclic N) is 1. The molecule has 0 saturated carbocycles. The Morgan fingerprint density at radius 3 is 2.36 bits per heavy atom. The number of aliphatic hydroxyl groups excluding tert-OH is 2. The van der Waals surface area contributed by atoms with E-state index in [0.717, 1.165) is 16.7 Å². The first-order valence-electron chi connectivity index (χ1n) is 11.7. The number of carbonyl (C=O) groups excluding carboxylic acids is 1. The monoisotopic (exact) mass is 530 g/mol. The minimum absolute atomic E-state index is 0.00385. The summed E-state index contributed by atoms with van der Waals surface area (Å²) in [7, 11) is 0. The fourth-order valence-corrected chi connectivity index (χ4v) is 4.59. The molecule has 0 spiro atoms. The highest BCUT2D eigenvalue weighted by Crippen LogP contribution is 2.23. The Hall–Kier alpha value is -2.61. The van der Waals surface area contributed by atoms with Crippen LogP contribution in [-0.4, -0.2) is 33.3 Å². The Bertz CT molecular complexity index is 1180. The van der Waals surface area contributed by atoms with Crippen LogP contribution in [0.25, 0.3) is 0 Å². The maximum Gasteiger partial charge on any atom is 0.224 e.